The van der Waals surface area contributed by atoms with Crippen LogP contribution < -0.4 is 4.74 Å². The van der Waals surface area contributed by atoms with Gasteiger partial charge in [-0.25, -0.2) is 0 Å². The molecule has 1 atom stereocenters. The molecule has 4 nitrogen and oxygen atoms in total. The van der Waals surface area contributed by atoms with E-state index in [4.69, 9.17) is 4.74 Å². The third-order valence-electron chi connectivity index (χ3n) is 5.08. The molecular weight excluding hydrogens is 370 g/mol. The van der Waals surface area contributed by atoms with Gasteiger partial charge in [0.1, 0.15) is 18.4 Å². The van der Waals surface area contributed by atoms with Crippen LogP contribution >= 0.6 is 11.8 Å². The van der Waals surface area contributed by atoms with Crippen molar-refractivity contribution in [3.8, 4) is 5.75 Å². The maximum Gasteiger partial charge on any atom is 0.320 e. The van der Waals surface area contributed by atoms with Crippen LogP contribution in [0.1, 0.15) is 39.2 Å². The smallest absolute Gasteiger partial charge is 0.320 e. The number of benzene rings is 2. The molecule has 0 aliphatic carbocycles. The summed E-state index contributed by atoms with van der Waals surface area (Å²) in [5, 5.41) is 9.29. The van der Waals surface area contributed by atoms with Crippen molar-refractivity contribution in [1.29, 1.82) is 0 Å². The van der Waals surface area contributed by atoms with Crippen LogP contribution in [0, 0.1) is 0 Å². The van der Waals surface area contributed by atoms with Gasteiger partial charge in [-0.3, -0.25) is 9.69 Å². The lowest BCUT2D eigenvalue weighted by Gasteiger charge is -2.21. The molecule has 28 heavy (non-hydrogen) atoms. The first-order chi connectivity index (χ1) is 13.3. The number of aliphatic carboxylic acids is 1. The Morgan fingerprint density at radius 2 is 1.89 bits per heavy atom. The maximum absolute atomic E-state index is 11.3. The van der Waals surface area contributed by atoms with Crippen molar-refractivity contribution in [1.82, 2.24) is 4.90 Å². The molecule has 0 spiro atoms. The number of hydrogen-bond acceptors (Lipinski definition) is 4. The molecular formula is C23H29NO3S. The van der Waals surface area contributed by atoms with Crippen LogP contribution in [0.15, 0.2) is 58.3 Å². The van der Waals surface area contributed by atoms with Crippen LogP contribution in [0.3, 0.4) is 0 Å². The van der Waals surface area contributed by atoms with Gasteiger partial charge in [-0.1, -0.05) is 56.8 Å². The molecule has 1 N–H and O–H groups in total. The zero-order valence-corrected chi connectivity index (χ0v) is 17.7. The van der Waals surface area contributed by atoms with E-state index in [-0.39, 0.29) is 11.5 Å². The average molecular weight is 400 g/mol. The highest BCUT2D eigenvalue weighted by Gasteiger charge is 2.30. The second-order valence-corrected chi connectivity index (χ2v) is 9.32. The number of nitrogens with zero attached hydrogens (tertiary/aromatic N) is 1. The third kappa shape index (κ3) is 5.30. The van der Waals surface area contributed by atoms with E-state index in [0.717, 1.165) is 30.0 Å². The monoisotopic (exact) mass is 399 g/mol. The molecule has 5 heteroatoms. The van der Waals surface area contributed by atoms with E-state index < -0.39 is 5.97 Å². The molecule has 2 aromatic rings. The van der Waals surface area contributed by atoms with Crippen LogP contribution in [0.4, 0.5) is 0 Å². The highest BCUT2D eigenvalue weighted by Crippen LogP contribution is 2.35. The first-order valence-corrected chi connectivity index (χ1v) is 10.6. The van der Waals surface area contributed by atoms with E-state index in [2.05, 4.69) is 51.1 Å². The Morgan fingerprint density at radius 1 is 1.18 bits per heavy atom. The van der Waals surface area contributed by atoms with E-state index in [1.54, 1.807) is 11.8 Å². The lowest BCUT2D eigenvalue weighted by atomic mass is 9.87. The highest BCUT2D eigenvalue weighted by molar-refractivity contribution is 7.99. The summed E-state index contributed by atoms with van der Waals surface area (Å²) in [6.07, 6.45) is 1.67. The topological polar surface area (TPSA) is 49.8 Å². The van der Waals surface area contributed by atoms with Gasteiger partial charge >= 0.3 is 5.97 Å². The molecule has 1 aliphatic rings. The van der Waals surface area contributed by atoms with Crippen molar-refractivity contribution in [2.24, 2.45) is 0 Å². The Morgan fingerprint density at radius 3 is 2.57 bits per heavy atom. The number of ether oxygens (including phenoxy) is 1. The van der Waals surface area contributed by atoms with E-state index in [9.17, 15) is 9.90 Å². The predicted octanol–water partition coefficient (Wildman–Crippen LogP) is 5.06. The SMILES string of the molecule is CC(C)(C)c1ccc(Sc2ccccc2OCCN2CCC[C@H]2C(=O)O)cc1. The Hall–Kier alpha value is -1.98. The minimum absolute atomic E-state index is 0.146. The first kappa shape index (κ1) is 20.7. The molecule has 0 unspecified atom stereocenters. The zero-order valence-electron chi connectivity index (χ0n) is 16.9. The van der Waals surface area contributed by atoms with Gasteiger partial charge in [0, 0.05) is 11.4 Å². The largest absolute Gasteiger partial charge is 0.491 e. The lowest BCUT2D eigenvalue weighted by molar-refractivity contribution is -0.142. The molecule has 1 aliphatic heterocycles. The number of rotatable bonds is 7. The van der Waals surface area contributed by atoms with Crippen LogP contribution in [0.5, 0.6) is 5.75 Å². The highest BCUT2D eigenvalue weighted by atomic mass is 32.2. The fraction of sp³-hybridized carbons (Fsp3) is 0.435. The van der Waals surface area contributed by atoms with Gasteiger partial charge in [0.05, 0.1) is 4.90 Å². The van der Waals surface area contributed by atoms with Crippen molar-refractivity contribution in [3.63, 3.8) is 0 Å². The summed E-state index contributed by atoms with van der Waals surface area (Å²) in [5.41, 5.74) is 1.47. The van der Waals surface area contributed by atoms with Gasteiger partial charge in [0.2, 0.25) is 0 Å². The van der Waals surface area contributed by atoms with Gasteiger partial charge in [0.25, 0.3) is 0 Å². The molecule has 0 bridgehead atoms. The van der Waals surface area contributed by atoms with Gasteiger partial charge in [-0.2, -0.15) is 0 Å². The van der Waals surface area contributed by atoms with Gasteiger partial charge < -0.3 is 9.84 Å². The van der Waals surface area contributed by atoms with Crippen LogP contribution in [0.25, 0.3) is 0 Å². The number of likely N-dealkylation sites (tertiary alicyclic amines) is 1. The molecule has 1 saturated heterocycles. The minimum atomic E-state index is -0.729. The summed E-state index contributed by atoms with van der Waals surface area (Å²) in [4.78, 5) is 15.6. The first-order valence-electron chi connectivity index (χ1n) is 9.82. The second kappa shape index (κ2) is 9.01. The van der Waals surface area contributed by atoms with Crippen molar-refractivity contribution in [3.05, 3.63) is 54.1 Å². The third-order valence-corrected chi connectivity index (χ3v) is 6.15. The average Bonchev–Trinajstić information content (AvgIpc) is 3.12. The van der Waals surface area contributed by atoms with Crippen molar-refractivity contribution >= 4 is 17.7 Å². The molecule has 0 saturated carbocycles. The summed E-state index contributed by atoms with van der Waals surface area (Å²) in [5.74, 6) is 0.116. The Bertz CT molecular complexity index is 798. The molecule has 1 fully saturated rings. The van der Waals surface area contributed by atoms with Gasteiger partial charge in [0.15, 0.2) is 0 Å². The summed E-state index contributed by atoms with van der Waals surface area (Å²) in [6, 6.07) is 16.3. The molecule has 0 aromatic heterocycles. The number of para-hydroxylation sites is 1. The number of carboxylic acid groups (broad SMARTS) is 1. The summed E-state index contributed by atoms with van der Waals surface area (Å²) in [7, 11) is 0. The van der Waals surface area contributed by atoms with Gasteiger partial charge in [-0.15, -0.1) is 0 Å². The number of carboxylic acids is 1. The lowest BCUT2D eigenvalue weighted by Crippen LogP contribution is -2.38. The van der Waals surface area contributed by atoms with Crippen LogP contribution in [-0.2, 0) is 10.2 Å². The summed E-state index contributed by atoms with van der Waals surface area (Å²) >= 11 is 1.69. The fourth-order valence-corrected chi connectivity index (χ4v) is 4.35. The Labute approximate surface area is 171 Å². The molecule has 0 amide bonds. The van der Waals surface area contributed by atoms with Crippen molar-refractivity contribution in [2.45, 2.75) is 54.9 Å². The summed E-state index contributed by atoms with van der Waals surface area (Å²) < 4.78 is 6.02. The number of carbonyl (C=O) groups is 1. The summed E-state index contributed by atoms with van der Waals surface area (Å²) in [6.45, 7) is 8.60. The van der Waals surface area contributed by atoms with E-state index >= 15 is 0 Å². The molecule has 0 radical (unpaired) electrons. The molecule has 150 valence electrons. The van der Waals surface area contributed by atoms with Gasteiger partial charge in [-0.05, 0) is 54.6 Å². The molecule has 1 heterocycles. The second-order valence-electron chi connectivity index (χ2n) is 8.20. The van der Waals surface area contributed by atoms with Crippen LogP contribution in [0.2, 0.25) is 0 Å². The normalized spacial score (nSPS) is 17.6. The Balaban J connectivity index is 1.61. The van der Waals surface area contributed by atoms with Crippen molar-refractivity contribution < 1.29 is 14.6 Å². The van der Waals surface area contributed by atoms with Crippen molar-refractivity contribution in [2.75, 3.05) is 19.7 Å². The van der Waals surface area contributed by atoms with E-state index in [1.807, 2.05) is 23.1 Å². The van der Waals surface area contributed by atoms with Crippen LogP contribution in [-0.4, -0.2) is 41.7 Å². The van der Waals surface area contributed by atoms with E-state index in [0.29, 0.717) is 13.2 Å². The zero-order chi connectivity index (χ0) is 20.1. The minimum Gasteiger partial charge on any atom is -0.491 e. The fourth-order valence-electron chi connectivity index (χ4n) is 3.45. The maximum atomic E-state index is 11.3. The quantitative estimate of drug-likeness (QED) is 0.705. The number of hydrogen-bond donors (Lipinski definition) is 1. The molecule has 3 rings (SSSR count). The van der Waals surface area contributed by atoms with E-state index in [1.165, 1.54) is 10.5 Å². The standard InChI is InChI=1S/C23H29NO3S/c1-23(2,3)17-10-12-18(13-11-17)28-21-9-5-4-8-20(21)27-16-15-24-14-6-7-19(24)22(25)26/h4-5,8-13,19H,6-7,14-16H2,1-3H3,(H,25,26)/t19-/m0/s1. The molecule has 2 aromatic carbocycles. The predicted molar refractivity (Wildman–Crippen MR) is 113 cm³/mol. The Kier molecular flexibility index (Phi) is 6.68.